The van der Waals surface area contributed by atoms with Crippen LogP contribution in [0.1, 0.15) is 19.9 Å². The predicted molar refractivity (Wildman–Crippen MR) is 57.0 cm³/mol. The summed E-state index contributed by atoms with van der Waals surface area (Å²) in [4.78, 5) is 29.6. The molecule has 5 nitrogen and oxygen atoms in total. The lowest BCUT2D eigenvalue weighted by Gasteiger charge is -2.08. The molecule has 0 radical (unpaired) electrons. The Morgan fingerprint density at radius 3 is 2.80 bits per heavy atom. The summed E-state index contributed by atoms with van der Waals surface area (Å²) in [6, 6.07) is 1.41. The second-order valence-corrected chi connectivity index (χ2v) is 3.63. The van der Waals surface area contributed by atoms with Crippen molar-refractivity contribution in [2.24, 2.45) is 0 Å². The summed E-state index contributed by atoms with van der Waals surface area (Å²) >= 11 is 0. The van der Waals surface area contributed by atoms with E-state index in [1.807, 2.05) is 13.8 Å². The summed E-state index contributed by atoms with van der Waals surface area (Å²) in [7, 11) is 0. The Labute approximate surface area is 85.4 Å². The van der Waals surface area contributed by atoms with Gasteiger partial charge in [0.15, 0.2) is 5.43 Å². The molecule has 0 aromatic carbocycles. The van der Waals surface area contributed by atoms with E-state index in [-0.39, 0.29) is 17.2 Å². The van der Waals surface area contributed by atoms with Crippen LogP contribution < -0.4 is 11.1 Å². The molecule has 78 valence electrons. The van der Waals surface area contributed by atoms with Crippen LogP contribution in [0.4, 0.5) is 0 Å². The highest BCUT2D eigenvalue weighted by Crippen LogP contribution is 2.03. The number of rotatable bonds is 1. The van der Waals surface area contributed by atoms with Gasteiger partial charge in [-0.3, -0.25) is 9.36 Å². The van der Waals surface area contributed by atoms with Gasteiger partial charge in [-0.05, 0) is 13.8 Å². The molecule has 0 saturated carbocycles. The number of hydrogen-bond donors (Lipinski definition) is 1. The molecule has 0 aliphatic rings. The van der Waals surface area contributed by atoms with E-state index < -0.39 is 0 Å². The average molecular weight is 205 g/mol. The maximum absolute atomic E-state index is 11.5. The molecule has 5 heteroatoms. The van der Waals surface area contributed by atoms with E-state index in [0.29, 0.717) is 11.0 Å². The number of nitrogens with one attached hydrogen (secondary N) is 1. The third kappa shape index (κ3) is 1.56. The van der Waals surface area contributed by atoms with Gasteiger partial charge >= 0.3 is 5.69 Å². The maximum Gasteiger partial charge on any atom is 0.349 e. The Hall–Kier alpha value is -1.91. The molecule has 0 aliphatic carbocycles. The highest BCUT2D eigenvalue weighted by Gasteiger charge is 2.06. The third-order valence-electron chi connectivity index (χ3n) is 2.23. The van der Waals surface area contributed by atoms with Gasteiger partial charge in [0.2, 0.25) is 0 Å². The van der Waals surface area contributed by atoms with Crippen LogP contribution in [0, 0.1) is 0 Å². The number of aromatic nitrogens is 3. The summed E-state index contributed by atoms with van der Waals surface area (Å²) in [6.07, 6.45) is 3.03. The average Bonchev–Trinajstić information content (AvgIpc) is 2.16. The van der Waals surface area contributed by atoms with Crippen molar-refractivity contribution in [3.8, 4) is 0 Å². The monoisotopic (exact) mass is 205 g/mol. The molecule has 0 fully saturated rings. The lowest BCUT2D eigenvalue weighted by atomic mass is 10.3. The predicted octanol–water partition coefficient (Wildman–Crippen LogP) is 0.666. The van der Waals surface area contributed by atoms with Crippen LogP contribution in [0.15, 0.2) is 28.0 Å². The minimum absolute atomic E-state index is 0.00555. The number of fused-ring (bicyclic) bond motifs is 1. The summed E-state index contributed by atoms with van der Waals surface area (Å²) in [5.74, 6) is 0. The standard InChI is InChI=1S/C10H11N3O2/c1-6(2)13-5-7-8(14)3-4-11-9(7)12-10(13)15/h3-6H,1-2H3,(H,11,12,15). The summed E-state index contributed by atoms with van der Waals surface area (Å²) in [5.41, 5.74) is -0.144. The van der Waals surface area contributed by atoms with E-state index in [1.165, 1.54) is 16.8 Å². The molecule has 0 aliphatic heterocycles. The fourth-order valence-electron chi connectivity index (χ4n) is 1.42. The smallest absolute Gasteiger partial charge is 0.346 e. The van der Waals surface area contributed by atoms with E-state index in [4.69, 9.17) is 0 Å². The Bertz CT molecular complexity index is 610. The molecule has 0 unspecified atom stereocenters. The van der Waals surface area contributed by atoms with Crippen molar-refractivity contribution in [2.75, 3.05) is 0 Å². The molecule has 2 aromatic heterocycles. The molecular formula is C10H11N3O2. The Morgan fingerprint density at radius 2 is 2.13 bits per heavy atom. The van der Waals surface area contributed by atoms with Crippen LogP contribution in [0.2, 0.25) is 0 Å². The first-order valence-corrected chi connectivity index (χ1v) is 4.70. The number of nitrogens with zero attached hydrogens (tertiary/aromatic N) is 2. The van der Waals surface area contributed by atoms with Crippen LogP contribution in [0.5, 0.6) is 0 Å². The number of H-pyrrole nitrogens is 1. The summed E-state index contributed by atoms with van der Waals surface area (Å²) < 4.78 is 1.44. The Balaban J connectivity index is 2.90. The van der Waals surface area contributed by atoms with Crippen molar-refractivity contribution in [1.82, 2.24) is 14.5 Å². The van der Waals surface area contributed by atoms with Gasteiger partial charge < -0.3 is 4.98 Å². The summed E-state index contributed by atoms with van der Waals surface area (Å²) in [6.45, 7) is 3.73. The van der Waals surface area contributed by atoms with E-state index in [2.05, 4.69) is 9.97 Å². The van der Waals surface area contributed by atoms with Crippen LogP contribution in [0.3, 0.4) is 0 Å². The molecule has 2 heterocycles. The number of pyridine rings is 1. The van der Waals surface area contributed by atoms with Gasteiger partial charge in [-0.25, -0.2) is 4.79 Å². The van der Waals surface area contributed by atoms with E-state index in [9.17, 15) is 9.59 Å². The van der Waals surface area contributed by atoms with Gasteiger partial charge in [0.05, 0.1) is 5.39 Å². The molecule has 15 heavy (non-hydrogen) atoms. The first kappa shape index (κ1) is 9.64. The minimum atomic E-state index is -0.348. The summed E-state index contributed by atoms with van der Waals surface area (Å²) in [5, 5.41) is 0.436. The second-order valence-electron chi connectivity index (χ2n) is 3.63. The van der Waals surface area contributed by atoms with Gasteiger partial charge in [-0.2, -0.15) is 4.98 Å². The van der Waals surface area contributed by atoms with Crippen molar-refractivity contribution in [2.45, 2.75) is 19.9 Å². The molecule has 0 spiro atoms. The zero-order valence-electron chi connectivity index (χ0n) is 8.52. The Kier molecular flexibility index (Phi) is 2.15. The molecule has 0 amide bonds. The zero-order valence-corrected chi connectivity index (χ0v) is 8.52. The maximum atomic E-state index is 11.5. The van der Waals surface area contributed by atoms with E-state index in [0.717, 1.165) is 0 Å². The molecule has 2 rings (SSSR count). The third-order valence-corrected chi connectivity index (χ3v) is 2.23. The quantitative estimate of drug-likeness (QED) is 0.743. The lowest BCUT2D eigenvalue weighted by molar-refractivity contribution is 0.568. The molecule has 0 saturated heterocycles. The lowest BCUT2D eigenvalue weighted by Crippen LogP contribution is -2.25. The zero-order chi connectivity index (χ0) is 11.0. The van der Waals surface area contributed by atoms with Crippen molar-refractivity contribution in [1.29, 1.82) is 0 Å². The van der Waals surface area contributed by atoms with E-state index >= 15 is 0 Å². The number of aromatic amines is 1. The van der Waals surface area contributed by atoms with Crippen molar-refractivity contribution >= 4 is 11.0 Å². The van der Waals surface area contributed by atoms with Gasteiger partial charge in [0.1, 0.15) is 5.65 Å². The number of hydrogen-bond acceptors (Lipinski definition) is 3. The van der Waals surface area contributed by atoms with Crippen molar-refractivity contribution in [3.05, 3.63) is 39.2 Å². The van der Waals surface area contributed by atoms with Gasteiger partial charge in [-0.15, -0.1) is 0 Å². The molecule has 0 bridgehead atoms. The minimum Gasteiger partial charge on any atom is -0.346 e. The van der Waals surface area contributed by atoms with E-state index in [1.54, 1.807) is 6.20 Å². The Morgan fingerprint density at radius 1 is 1.40 bits per heavy atom. The van der Waals surface area contributed by atoms with Gasteiger partial charge in [-0.1, -0.05) is 0 Å². The van der Waals surface area contributed by atoms with Gasteiger partial charge in [0, 0.05) is 24.5 Å². The highest BCUT2D eigenvalue weighted by atomic mass is 16.1. The first-order valence-electron chi connectivity index (χ1n) is 4.70. The molecule has 0 atom stereocenters. The fraction of sp³-hybridized carbons (Fsp3) is 0.300. The molecular weight excluding hydrogens is 194 g/mol. The largest absolute Gasteiger partial charge is 0.349 e. The molecule has 2 aromatic rings. The van der Waals surface area contributed by atoms with Crippen molar-refractivity contribution in [3.63, 3.8) is 0 Å². The van der Waals surface area contributed by atoms with Crippen molar-refractivity contribution < 1.29 is 0 Å². The van der Waals surface area contributed by atoms with Gasteiger partial charge in [0.25, 0.3) is 0 Å². The first-order chi connectivity index (χ1) is 7.09. The SMILES string of the molecule is CC(C)n1cc2c(=O)cc[nH]c2nc1=O. The van der Waals surface area contributed by atoms with Crippen LogP contribution >= 0.6 is 0 Å². The second kappa shape index (κ2) is 3.34. The fourth-order valence-corrected chi connectivity index (χ4v) is 1.42. The van der Waals surface area contributed by atoms with Crippen LogP contribution in [-0.4, -0.2) is 14.5 Å². The molecule has 1 N–H and O–H groups in total. The highest BCUT2D eigenvalue weighted by molar-refractivity contribution is 5.72. The van der Waals surface area contributed by atoms with Crippen LogP contribution in [-0.2, 0) is 0 Å². The van der Waals surface area contributed by atoms with Crippen LogP contribution in [0.25, 0.3) is 11.0 Å². The normalized spacial score (nSPS) is 11.1. The topological polar surface area (TPSA) is 67.8 Å².